The lowest BCUT2D eigenvalue weighted by atomic mass is 9.70. The van der Waals surface area contributed by atoms with Crippen molar-refractivity contribution in [3.8, 4) is 0 Å². The zero-order valence-electron chi connectivity index (χ0n) is 9.00. The Morgan fingerprint density at radius 3 is 2.80 bits per heavy atom. The van der Waals surface area contributed by atoms with E-state index in [1.807, 2.05) is 13.8 Å². The first-order valence-corrected chi connectivity index (χ1v) is 5.15. The van der Waals surface area contributed by atoms with Crippen molar-refractivity contribution in [2.45, 2.75) is 37.8 Å². The Bertz CT molecular complexity index is 389. The van der Waals surface area contributed by atoms with E-state index >= 15 is 0 Å². The number of halogens is 1. The van der Waals surface area contributed by atoms with E-state index in [1.165, 1.54) is 12.1 Å². The Balaban J connectivity index is 2.59. The molecule has 0 aliphatic heterocycles. The number of nitrogens with two attached hydrogens (primary N) is 1. The van der Waals surface area contributed by atoms with Crippen LogP contribution in [-0.2, 0) is 5.41 Å². The molecule has 0 heterocycles. The summed E-state index contributed by atoms with van der Waals surface area (Å²) in [6.07, 6.45) is 0.0292. The van der Waals surface area contributed by atoms with Crippen molar-refractivity contribution in [3.63, 3.8) is 0 Å². The van der Waals surface area contributed by atoms with E-state index in [0.717, 1.165) is 11.1 Å². The third-order valence-corrected chi connectivity index (χ3v) is 3.24. The van der Waals surface area contributed by atoms with Gasteiger partial charge in [-0.2, -0.15) is 0 Å². The van der Waals surface area contributed by atoms with Gasteiger partial charge in [0.2, 0.25) is 0 Å². The summed E-state index contributed by atoms with van der Waals surface area (Å²) in [6.45, 7) is 4.08. The number of rotatable bonds is 0. The third kappa shape index (κ3) is 1.66. The van der Waals surface area contributed by atoms with E-state index in [1.54, 1.807) is 6.07 Å². The fourth-order valence-electron chi connectivity index (χ4n) is 2.39. The van der Waals surface area contributed by atoms with E-state index in [4.69, 9.17) is 5.73 Å². The third-order valence-electron chi connectivity index (χ3n) is 3.24. The highest BCUT2D eigenvalue weighted by atomic mass is 19.1. The van der Waals surface area contributed by atoms with Crippen LogP contribution in [0.1, 0.15) is 37.4 Å². The first kappa shape index (κ1) is 10.6. The van der Waals surface area contributed by atoms with Gasteiger partial charge >= 0.3 is 0 Å². The number of benzene rings is 1. The van der Waals surface area contributed by atoms with Crippen LogP contribution in [0.5, 0.6) is 0 Å². The summed E-state index contributed by atoms with van der Waals surface area (Å²) >= 11 is 0. The number of aliphatic hydroxyl groups is 1. The lowest BCUT2D eigenvalue weighted by Crippen LogP contribution is -2.39. The van der Waals surface area contributed by atoms with Crippen LogP contribution >= 0.6 is 0 Å². The number of aliphatic hydroxyl groups excluding tert-OH is 1. The zero-order valence-corrected chi connectivity index (χ0v) is 9.00. The van der Waals surface area contributed by atoms with Crippen LogP contribution in [0.2, 0.25) is 0 Å². The van der Waals surface area contributed by atoms with Gasteiger partial charge in [-0.25, -0.2) is 4.39 Å². The van der Waals surface area contributed by atoms with Gasteiger partial charge < -0.3 is 10.8 Å². The maximum atomic E-state index is 13.1. The highest BCUT2D eigenvalue weighted by Gasteiger charge is 2.36. The summed E-state index contributed by atoms with van der Waals surface area (Å²) in [5.41, 5.74) is 7.50. The summed E-state index contributed by atoms with van der Waals surface area (Å²) in [5.74, 6) is -0.297. The van der Waals surface area contributed by atoms with Gasteiger partial charge in [-0.1, -0.05) is 19.9 Å². The molecule has 0 bridgehead atoms. The first-order chi connectivity index (χ1) is 6.92. The van der Waals surface area contributed by atoms with Gasteiger partial charge in [0, 0.05) is 0 Å². The summed E-state index contributed by atoms with van der Waals surface area (Å²) < 4.78 is 13.1. The first-order valence-electron chi connectivity index (χ1n) is 5.15. The van der Waals surface area contributed by atoms with Crippen molar-refractivity contribution in [3.05, 3.63) is 35.1 Å². The molecule has 1 aliphatic carbocycles. The molecule has 1 aromatic carbocycles. The number of hydrogen-bond acceptors (Lipinski definition) is 2. The Hall–Kier alpha value is -0.930. The molecule has 1 unspecified atom stereocenters. The molecule has 0 fully saturated rings. The van der Waals surface area contributed by atoms with Gasteiger partial charge in [-0.3, -0.25) is 0 Å². The predicted octanol–water partition coefficient (Wildman–Crippen LogP) is 1.87. The Labute approximate surface area is 88.9 Å². The zero-order chi connectivity index (χ0) is 11.2. The van der Waals surface area contributed by atoms with Crippen molar-refractivity contribution in [1.29, 1.82) is 0 Å². The van der Waals surface area contributed by atoms with Gasteiger partial charge in [-0.15, -0.1) is 0 Å². The van der Waals surface area contributed by atoms with Crippen molar-refractivity contribution >= 4 is 0 Å². The van der Waals surface area contributed by atoms with Crippen molar-refractivity contribution in [2.24, 2.45) is 5.73 Å². The molecule has 0 radical (unpaired) electrons. The van der Waals surface area contributed by atoms with Crippen LogP contribution in [0.15, 0.2) is 18.2 Å². The molecule has 2 nitrogen and oxygen atoms in total. The van der Waals surface area contributed by atoms with E-state index in [2.05, 4.69) is 0 Å². The second kappa shape index (κ2) is 3.29. The summed E-state index contributed by atoms with van der Waals surface area (Å²) in [7, 11) is 0. The van der Waals surface area contributed by atoms with Crippen LogP contribution in [0, 0.1) is 5.82 Å². The van der Waals surface area contributed by atoms with Gasteiger partial charge in [-0.05, 0) is 35.1 Å². The van der Waals surface area contributed by atoms with E-state index in [9.17, 15) is 9.50 Å². The van der Waals surface area contributed by atoms with Crippen LogP contribution in [0.25, 0.3) is 0 Å². The minimum absolute atomic E-state index is 0.141. The molecule has 1 aromatic rings. The SMILES string of the molecule is CC1(C)C[C@@H](O)C(N)c2cc(F)ccc21. The molecular weight excluding hydrogens is 193 g/mol. The van der Waals surface area contributed by atoms with Crippen molar-refractivity contribution in [2.75, 3.05) is 0 Å². The molecule has 0 saturated carbocycles. The Morgan fingerprint density at radius 1 is 1.47 bits per heavy atom. The molecule has 3 N–H and O–H groups in total. The second-order valence-corrected chi connectivity index (χ2v) is 4.91. The molecule has 2 rings (SSSR count). The van der Waals surface area contributed by atoms with Gasteiger partial charge in [0.1, 0.15) is 5.82 Å². The molecule has 3 heteroatoms. The fraction of sp³-hybridized carbons (Fsp3) is 0.500. The van der Waals surface area contributed by atoms with E-state index < -0.39 is 12.1 Å². The fourth-order valence-corrected chi connectivity index (χ4v) is 2.39. The van der Waals surface area contributed by atoms with Crippen LogP contribution in [-0.4, -0.2) is 11.2 Å². The molecular formula is C12H16FNO. The van der Waals surface area contributed by atoms with Gasteiger partial charge in [0.25, 0.3) is 0 Å². The maximum Gasteiger partial charge on any atom is 0.123 e. The van der Waals surface area contributed by atoms with Crippen LogP contribution < -0.4 is 5.73 Å². The summed E-state index contributed by atoms with van der Waals surface area (Å²) in [5, 5.41) is 9.80. The quantitative estimate of drug-likeness (QED) is 0.685. The number of fused-ring (bicyclic) bond motifs is 1. The molecule has 0 spiro atoms. The molecule has 0 saturated heterocycles. The normalized spacial score (nSPS) is 28.6. The standard InChI is InChI=1S/C12H16FNO/c1-12(2)6-10(15)11(14)8-5-7(13)3-4-9(8)12/h3-5,10-11,15H,6,14H2,1-2H3/t10-,11?/m1/s1. The largest absolute Gasteiger partial charge is 0.391 e. The summed E-state index contributed by atoms with van der Waals surface area (Å²) in [4.78, 5) is 0. The molecule has 1 aliphatic rings. The Morgan fingerprint density at radius 2 is 2.13 bits per heavy atom. The lowest BCUT2D eigenvalue weighted by Gasteiger charge is -2.38. The summed E-state index contributed by atoms with van der Waals surface area (Å²) in [6, 6.07) is 4.19. The van der Waals surface area contributed by atoms with Crippen LogP contribution in [0.3, 0.4) is 0 Å². The Kier molecular flexibility index (Phi) is 2.32. The average molecular weight is 209 g/mol. The van der Waals surface area contributed by atoms with E-state index in [0.29, 0.717) is 6.42 Å². The smallest absolute Gasteiger partial charge is 0.123 e. The lowest BCUT2D eigenvalue weighted by molar-refractivity contribution is 0.0993. The van der Waals surface area contributed by atoms with E-state index in [-0.39, 0.29) is 11.2 Å². The minimum atomic E-state index is -0.589. The van der Waals surface area contributed by atoms with Crippen molar-refractivity contribution < 1.29 is 9.50 Å². The highest BCUT2D eigenvalue weighted by molar-refractivity contribution is 5.39. The minimum Gasteiger partial charge on any atom is -0.391 e. The topological polar surface area (TPSA) is 46.2 Å². The van der Waals surface area contributed by atoms with Crippen molar-refractivity contribution in [1.82, 2.24) is 0 Å². The molecule has 0 amide bonds. The average Bonchev–Trinajstić information content (AvgIpc) is 2.13. The molecule has 0 aromatic heterocycles. The predicted molar refractivity (Wildman–Crippen MR) is 57.0 cm³/mol. The van der Waals surface area contributed by atoms with Gasteiger partial charge in [0.15, 0.2) is 0 Å². The monoisotopic (exact) mass is 209 g/mol. The molecule has 2 atom stereocenters. The molecule has 82 valence electrons. The van der Waals surface area contributed by atoms with Gasteiger partial charge in [0.05, 0.1) is 12.1 Å². The molecule has 15 heavy (non-hydrogen) atoms. The second-order valence-electron chi connectivity index (χ2n) is 4.91. The van der Waals surface area contributed by atoms with Crippen LogP contribution in [0.4, 0.5) is 4.39 Å². The maximum absolute atomic E-state index is 13.1. The highest BCUT2D eigenvalue weighted by Crippen LogP contribution is 2.40. The number of hydrogen-bond donors (Lipinski definition) is 2.